The summed E-state index contributed by atoms with van der Waals surface area (Å²) in [4.78, 5) is 4.27. The van der Waals surface area contributed by atoms with E-state index in [4.69, 9.17) is 5.73 Å². The fourth-order valence-corrected chi connectivity index (χ4v) is 2.90. The SMILES string of the molecule is N#Cc1c(-c2ccccc2Br)cc(-c2ccccc2O)nc1N. The van der Waals surface area contributed by atoms with E-state index in [9.17, 15) is 10.4 Å². The zero-order chi connectivity index (χ0) is 16.4. The van der Waals surface area contributed by atoms with E-state index < -0.39 is 0 Å². The summed E-state index contributed by atoms with van der Waals surface area (Å²) >= 11 is 3.50. The van der Waals surface area contributed by atoms with Crippen molar-refractivity contribution in [3.05, 3.63) is 64.6 Å². The summed E-state index contributed by atoms with van der Waals surface area (Å²) in [7, 11) is 0. The van der Waals surface area contributed by atoms with Crippen LogP contribution in [0.5, 0.6) is 5.75 Å². The van der Waals surface area contributed by atoms with Gasteiger partial charge in [-0.05, 0) is 29.8 Å². The van der Waals surface area contributed by atoms with Gasteiger partial charge in [-0.2, -0.15) is 5.26 Å². The highest BCUT2D eigenvalue weighted by molar-refractivity contribution is 9.10. The third kappa shape index (κ3) is 2.77. The Morgan fingerprint density at radius 2 is 1.65 bits per heavy atom. The number of benzene rings is 2. The van der Waals surface area contributed by atoms with E-state index in [1.54, 1.807) is 24.3 Å². The molecule has 112 valence electrons. The van der Waals surface area contributed by atoms with E-state index in [-0.39, 0.29) is 11.6 Å². The lowest BCUT2D eigenvalue weighted by molar-refractivity contribution is 0.477. The molecule has 3 rings (SSSR count). The number of nitrogen functional groups attached to an aromatic ring is 1. The largest absolute Gasteiger partial charge is 0.507 e. The first-order valence-corrected chi connectivity index (χ1v) is 7.65. The van der Waals surface area contributed by atoms with Crippen molar-refractivity contribution in [2.45, 2.75) is 0 Å². The molecule has 0 amide bonds. The van der Waals surface area contributed by atoms with Crippen LogP contribution in [0, 0.1) is 11.3 Å². The van der Waals surface area contributed by atoms with Gasteiger partial charge in [0.15, 0.2) is 0 Å². The number of pyridine rings is 1. The van der Waals surface area contributed by atoms with Crippen LogP contribution < -0.4 is 5.73 Å². The van der Waals surface area contributed by atoms with Crippen LogP contribution in [0.25, 0.3) is 22.4 Å². The van der Waals surface area contributed by atoms with Crippen LogP contribution >= 0.6 is 15.9 Å². The van der Waals surface area contributed by atoms with Crippen LogP contribution in [0.2, 0.25) is 0 Å². The number of nitrogens with two attached hydrogens (primary N) is 1. The molecule has 0 saturated carbocycles. The lowest BCUT2D eigenvalue weighted by atomic mass is 9.98. The fraction of sp³-hybridized carbons (Fsp3) is 0. The molecule has 0 unspecified atom stereocenters. The third-order valence-electron chi connectivity index (χ3n) is 3.50. The molecule has 3 aromatic rings. The molecule has 2 aromatic carbocycles. The number of hydrogen-bond donors (Lipinski definition) is 2. The van der Waals surface area contributed by atoms with Crippen LogP contribution in [0.3, 0.4) is 0 Å². The molecule has 5 heteroatoms. The van der Waals surface area contributed by atoms with Crippen molar-refractivity contribution in [2.75, 3.05) is 5.73 Å². The monoisotopic (exact) mass is 365 g/mol. The number of phenolic OH excluding ortho intramolecular Hbond substituents is 1. The van der Waals surface area contributed by atoms with E-state index in [1.807, 2.05) is 30.3 Å². The first-order chi connectivity index (χ1) is 11.1. The number of aromatic hydroxyl groups is 1. The summed E-state index contributed by atoms with van der Waals surface area (Å²) in [5.74, 6) is 0.251. The second-order valence-corrected chi connectivity index (χ2v) is 5.78. The van der Waals surface area contributed by atoms with Crippen LogP contribution in [-0.4, -0.2) is 10.1 Å². The normalized spacial score (nSPS) is 10.3. The summed E-state index contributed by atoms with van der Waals surface area (Å²) in [5.41, 5.74) is 8.89. The number of rotatable bonds is 2. The summed E-state index contributed by atoms with van der Waals surface area (Å²) < 4.78 is 0.852. The Kier molecular flexibility index (Phi) is 4.00. The molecule has 0 aliphatic carbocycles. The van der Waals surface area contributed by atoms with Gasteiger partial charge in [0.2, 0.25) is 0 Å². The van der Waals surface area contributed by atoms with Gasteiger partial charge in [0.25, 0.3) is 0 Å². The number of anilines is 1. The molecule has 0 aliphatic rings. The minimum atomic E-state index is 0.113. The van der Waals surface area contributed by atoms with Gasteiger partial charge in [-0.1, -0.05) is 46.3 Å². The van der Waals surface area contributed by atoms with Gasteiger partial charge in [-0.3, -0.25) is 0 Å². The Labute approximate surface area is 142 Å². The quantitative estimate of drug-likeness (QED) is 0.707. The molecule has 0 spiro atoms. The van der Waals surface area contributed by atoms with E-state index in [1.165, 1.54) is 0 Å². The zero-order valence-corrected chi connectivity index (χ0v) is 13.6. The molecule has 3 N–H and O–H groups in total. The number of halogens is 1. The molecular formula is C18H12BrN3O. The van der Waals surface area contributed by atoms with Gasteiger partial charge < -0.3 is 10.8 Å². The molecule has 0 atom stereocenters. The van der Waals surface area contributed by atoms with Crippen LogP contribution in [0.4, 0.5) is 5.82 Å². The lowest BCUT2D eigenvalue weighted by Gasteiger charge is -2.12. The van der Waals surface area contributed by atoms with E-state index >= 15 is 0 Å². The van der Waals surface area contributed by atoms with Gasteiger partial charge in [0.05, 0.1) is 5.69 Å². The lowest BCUT2D eigenvalue weighted by Crippen LogP contribution is -2.00. The smallest absolute Gasteiger partial charge is 0.142 e. The summed E-state index contributed by atoms with van der Waals surface area (Å²) in [6, 6.07) is 18.3. The number of nitrogens with zero attached hydrogens (tertiary/aromatic N) is 2. The van der Waals surface area contributed by atoms with Crippen LogP contribution in [0.1, 0.15) is 5.56 Å². The molecule has 0 aliphatic heterocycles. The average Bonchev–Trinajstić information content (AvgIpc) is 2.55. The standard InChI is InChI=1S/C18H12BrN3O/c19-15-7-3-1-5-11(15)13-9-16(22-18(21)14(13)10-20)12-6-2-4-8-17(12)23/h1-9,23H,(H2,21,22). The van der Waals surface area contributed by atoms with Gasteiger partial charge >= 0.3 is 0 Å². The fourth-order valence-electron chi connectivity index (χ4n) is 2.40. The van der Waals surface area contributed by atoms with Gasteiger partial charge in [0.1, 0.15) is 23.2 Å². The Hall–Kier alpha value is -2.84. The molecule has 0 fully saturated rings. The summed E-state index contributed by atoms with van der Waals surface area (Å²) in [6.07, 6.45) is 0. The average molecular weight is 366 g/mol. The molecule has 23 heavy (non-hydrogen) atoms. The number of aromatic nitrogens is 1. The third-order valence-corrected chi connectivity index (χ3v) is 4.19. The van der Waals surface area contributed by atoms with Crippen molar-refractivity contribution >= 4 is 21.7 Å². The second kappa shape index (κ2) is 6.11. The zero-order valence-electron chi connectivity index (χ0n) is 12.0. The van der Waals surface area contributed by atoms with Gasteiger partial charge in [0, 0.05) is 15.6 Å². The first kappa shape index (κ1) is 15.1. The maximum atomic E-state index is 10.0. The van der Waals surface area contributed by atoms with Crippen molar-refractivity contribution in [1.82, 2.24) is 4.98 Å². The Morgan fingerprint density at radius 1 is 1.00 bits per heavy atom. The summed E-state index contributed by atoms with van der Waals surface area (Å²) in [6.45, 7) is 0. The van der Waals surface area contributed by atoms with Crippen molar-refractivity contribution in [3.63, 3.8) is 0 Å². The minimum Gasteiger partial charge on any atom is -0.507 e. The molecular weight excluding hydrogens is 354 g/mol. The Morgan fingerprint density at radius 3 is 2.30 bits per heavy atom. The summed E-state index contributed by atoms with van der Waals surface area (Å²) in [5, 5.41) is 19.5. The Balaban J connectivity index is 2.30. The van der Waals surface area contributed by atoms with Crippen molar-refractivity contribution in [2.24, 2.45) is 0 Å². The van der Waals surface area contributed by atoms with E-state index in [0.717, 1.165) is 10.0 Å². The van der Waals surface area contributed by atoms with Crippen molar-refractivity contribution in [1.29, 1.82) is 5.26 Å². The van der Waals surface area contributed by atoms with Crippen LogP contribution in [0.15, 0.2) is 59.1 Å². The number of para-hydroxylation sites is 1. The highest BCUT2D eigenvalue weighted by atomic mass is 79.9. The predicted octanol–water partition coefficient (Wildman–Crippen LogP) is 4.34. The minimum absolute atomic E-state index is 0.113. The number of hydrogen-bond acceptors (Lipinski definition) is 4. The number of phenols is 1. The molecule has 4 nitrogen and oxygen atoms in total. The predicted molar refractivity (Wildman–Crippen MR) is 93.6 cm³/mol. The molecule has 0 radical (unpaired) electrons. The van der Waals surface area contributed by atoms with E-state index in [0.29, 0.717) is 22.4 Å². The van der Waals surface area contributed by atoms with Crippen molar-refractivity contribution < 1.29 is 5.11 Å². The highest BCUT2D eigenvalue weighted by Gasteiger charge is 2.16. The highest BCUT2D eigenvalue weighted by Crippen LogP contribution is 2.36. The van der Waals surface area contributed by atoms with Gasteiger partial charge in [-0.25, -0.2) is 4.98 Å². The topological polar surface area (TPSA) is 82.9 Å². The number of nitriles is 1. The first-order valence-electron chi connectivity index (χ1n) is 6.85. The second-order valence-electron chi connectivity index (χ2n) is 4.92. The maximum Gasteiger partial charge on any atom is 0.142 e. The van der Waals surface area contributed by atoms with E-state index in [2.05, 4.69) is 27.0 Å². The van der Waals surface area contributed by atoms with Crippen LogP contribution in [-0.2, 0) is 0 Å². The molecule has 0 bridgehead atoms. The Bertz CT molecular complexity index is 932. The molecule has 0 saturated heterocycles. The molecule has 1 aromatic heterocycles. The van der Waals surface area contributed by atoms with Crippen molar-refractivity contribution in [3.8, 4) is 34.2 Å². The molecule has 1 heterocycles. The maximum absolute atomic E-state index is 10.0. The van der Waals surface area contributed by atoms with Gasteiger partial charge in [-0.15, -0.1) is 0 Å².